The summed E-state index contributed by atoms with van der Waals surface area (Å²) in [7, 11) is 1.23. The van der Waals surface area contributed by atoms with E-state index in [-0.39, 0.29) is 17.4 Å². The zero-order chi connectivity index (χ0) is 17.2. The van der Waals surface area contributed by atoms with E-state index in [0.717, 1.165) is 12.8 Å². The average molecular weight is 321 g/mol. The van der Waals surface area contributed by atoms with Gasteiger partial charge in [-0.25, -0.2) is 9.18 Å². The minimum atomic E-state index is -0.678. The highest BCUT2D eigenvalue weighted by molar-refractivity contribution is 5.89. The first-order valence-corrected chi connectivity index (χ1v) is 7.91. The topological polar surface area (TPSA) is 46.6 Å². The van der Waals surface area contributed by atoms with Gasteiger partial charge in [0.15, 0.2) is 0 Å². The normalized spacial score (nSPS) is 18.7. The predicted octanol–water partition coefficient (Wildman–Crippen LogP) is 3.36. The standard InChI is InChI=1S/C18H24FNO3/c1-18(2,3)17(22)20-10-6-7-12(11-20)13-8-5-9-14(15(13)19)16(21)23-4/h5,8-9,12H,6-7,10-11H2,1-4H3/t12-/m1/s1. The summed E-state index contributed by atoms with van der Waals surface area (Å²) < 4.78 is 19.3. The minimum absolute atomic E-state index is 0.0516. The van der Waals surface area contributed by atoms with Crippen molar-refractivity contribution in [1.82, 2.24) is 4.90 Å². The van der Waals surface area contributed by atoms with E-state index in [0.29, 0.717) is 18.7 Å². The van der Waals surface area contributed by atoms with Gasteiger partial charge in [-0.05, 0) is 24.5 Å². The summed E-state index contributed by atoms with van der Waals surface area (Å²) in [6, 6.07) is 4.78. The molecule has 0 N–H and O–H groups in total. The van der Waals surface area contributed by atoms with Crippen molar-refractivity contribution < 1.29 is 18.7 Å². The number of hydrogen-bond acceptors (Lipinski definition) is 3. The summed E-state index contributed by atoms with van der Waals surface area (Å²) in [5, 5.41) is 0. The van der Waals surface area contributed by atoms with Crippen molar-refractivity contribution in [3.8, 4) is 0 Å². The summed E-state index contributed by atoms with van der Waals surface area (Å²) >= 11 is 0. The molecule has 0 saturated carbocycles. The minimum Gasteiger partial charge on any atom is -0.465 e. The van der Waals surface area contributed by atoms with Crippen LogP contribution in [0.2, 0.25) is 0 Å². The molecular weight excluding hydrogens is 297 g/mol. The molecule has 126 valence electrons. The van der Waals surface area contributed by atoms with Gasteiger partial charge >= 0.3 is 5.97 Å². The zero-order valence-electron chi connectivity index (χ0n) is 14.2. The second-order valence-corrected chi connectivity index (χ2v) is 7.04. The Kier molecular flexibility index (Phi) is 5.07. The van der Waals surface area contributed by atoms with E-state index in [2.05, 4.69) is 4.74 Å². The second kappa shape index (κ2) is 6.69. The van der Waals surface area contributed by atoms with Gasteiger partial charge < -0.3 is 9.64 Å². The molecule has 5 heteroatoms. The third-order valence-corrected chi connectivity index (χ3v) is 4.22. The van der Waals surface area contributed by atoms with Crippen molar-refractivity contribution >= 4 is 11.9 Å². The molecule has 0 spiro atoms. The fourth-order valence-corrected chi connectivity index (χ4v) is 3.02. The maximum absolute atomic E-state index is 14.7. The summed E-state index contributed by atoms with van der Waals surface area (Å²) in [6.07, 6.45) is 1.63. The van der Waals surface area contributed by atoms with Crippen molar-refractivity contribution in [2.45, 2.75) is 39.5 Å². The Labute approximate surface area is 136 Å². The molecule has 0 unspecified atom stereocenters. The van der Waals surface area contributed by atoms with Crippen molar-refractivity contribution in [3.63, 3.8) is 0 Å². The lowest BCUT2D eigenvalue weighted by molar-refractivity contribution is -0.140. The molecule has 23 heavy (non-hydrogen) atoms. The Balaban J connectivity index is 2.25. The Morgan fingerprint density at radius 1 is 1.30 bits per heavy atom. The van der Waals surface area contributed by atoms with Crippen LogP contribution in [0.1, 0.15) is 55.5 Å². The predicted molar refractivity (Wildman–Crippen MR) is 85.7 cm³/mol. The molecule has 1 amide bonds. The number of rotatable bonds is 2. The smallest absolute Gasteiger partial charge is 0.340 e. The highest BCUT2D eigenvalue weighted by Gasteiger charge is 2.32. The van der Waals surface area contributed by atoms with Gasteiger partial charge in [0.1, 0.15) is 5.82 Å². The van der Waals surface area contributed by atoms with Gasteiger partial charge in [0.05, 0.1) is 12.7 Å². The van der Waals surface area contributed by atoms with Gasteiger partial charge in [-0.3, -0.25) is 4.79 Å². The largest absolute Gasteiger partial charge is 0.465 e. The van der Waals surface area contributed by atoms with E-state index in [1.807, 2.05) is 20.8 Å². The Bertz CT molecular complexity index is 607. The van der Waals surface area contributed by atoms with E-state index in [4.69, 9.17) is 0 Å². The third-order valence-electron chi connectivity index (χ3n) is 4.22. The number of nitrogens with zero attached hydrogens (tertiary/aromatic N) is 1. The van der Waals surface area contributed by atoms with Crippen LogP contribution < -0.4 is 0 Å². The maximum atomic E-state index is 14.7. The number of carbonyl (C=O) groups excluding carboxylic acids is 2. The number of esters is 1. The first-order valence-electron chi connectivity index (χ1n) is 7.91. The highest BCUT2D eigenvalue weighted by atomic mass is 19.1. The molecule has 4 nitrogen and oxygen atoms in total. The van der Waals surface area contributed by atoms with E-state index in [9.17, 15) is 14.0 Å². The molecule has 1 aromatic carbocycles. The van der Waals surface area contributed by atoms with E-state index >= 15 is 0 Å². The maximum Gasteiger partial charge on any atom is 0.340 e. The third kappa shape index (κ3) is 3.71. The van der Waals surface area contributed by atoms with Gasteiger partial charge in [0, 0.05) is 24.4 Å². The van der Waals surface area contributed by atoms with E-state index in [1.54, 1.807) is 17.0 Å². The molecule has 1 heterocycles. The first-order chi connectivity index (χ1) is 10.8. The summed E-state index contributed by atoms with van der Waals surface area (Å²) in [4.78, 5) is 25.9. The second-order valence-electron chi connectivity index (χ2n) is 7.04. The van der Waals surface area contributed by atoms with Gasteiger partial charge in [0.2, 0.25) is 5.91 Å². The first kappa shape index (κ1) is 17.4. The average Bonchev–Trinajstić information content (AvgIpc) is 2.53. The van der Waals surface area contributed by atoms with Crippen LogP contribution in [0, 0.1) is 11.2 Å². The van der Waals surface area contributed by atoms with Crippen LogP contribution in [0.3, 0.4) is 0 Å². The van der Waals surface area contributed by atoms with Crippen molar-refractivity contribution in [3.05, 3.63) is 35.1 Å². The fourth-order valence-electron chi connectivity index (χ4n) is 3.02. The van der Waals surface area contributed by atoms with Crippen LogP contribution in [0.4, 0.5) is 4.39 Å². The monoisotopic (exact) mass is 321 g/mol. The van der Waals surface area contributed by atoms with Crippen molar-refractivity contribution in [2.24, 2.45) is 5.41 Å². The number of piperidine rings is 1. The summed E-state index contributed by atoms with van der Waals surface area (Å²) in [5.41, 5.74) is -0.0162. The van der Waals surface area contributed by atoms with Crippen LogP contribution in [0.5, 0.6) is 0 Å². The Morgan fingerprint density at radius 3 is 2.61 bits per heavy atom. The Morgan fingerprint density at radius 2 is 2.00 bits per heavy atom. The highest BCUT2D eigenvalue weighted by Crippen LogP contribution is 2.32. The molecule has 0 radical (unpaired) electrons. The van der Waals surface area contributed by atoms with Crippen molar-refractivity contribution in [2.75, 3.05) is 20.2 Å². The molecule has 1 atom stereocenters. The number of benzene rings is 1. The molecule has 0 aliphatic carbocycles. The van der Waals surface area contributed by atoms with Gasteiger partial charge in [-0.1, -0.05) is 32.9 Å². The molecule has 1 saturated heterocycles. The number of ether oxygens (including phenoxy) is 1. The summed E-state index contributed by atoms with van der Waals surface area (Å²) in [5.74, 6) is -1.23. The molecule has 1 aromatic rings. The molecular formula is C18H24FNO3. The lowest BCUT2D eigenvalue weighted by atomic mass is 9.87. The van der Waals surface area contributed by atoms with Crippen LogP contribution in [0.15, 0.2) is 18.2 Å². The van der Waals surface area contributed by atoms with Crippen LogP contribution in [0.25, 0.3) is 0 Å². The number of methoxy groups -OCH3 is 1. The number of amides is 1. The Hall–Kier alpha value is -1.91. The molecule has 1 fully saturated rings. The van der Waals surface area contributed by atoms with Crippen molar-refractivity contribution in [1.29, 1.82) is 0 Å². The van der Waals surface area contributed by atoms with Crippen LogP contribution in [-0.4, -0.2) is 37.0 Å². The summed E-state index contributed by atoms with van der Waals surface area (Å²) in [6.45, 7) is 6.84. The van der Waals surface area contributed by atoms with Gasteiger partial charge in [0.25, 0.3) is 0 Å². The molecule has 1 aliphatic rings. The van der Waals surface area contributed by atoms with E-state index in [1.165, 1.54) is 13.2 Å². The van der Waals surface area contributed by atoms with Crippen LogP contribution in [-0.2, 0) is 9.53 Å². The molecule has 2 rings (SSSR count). The number of halogens is 1. The number of hydrogen-bond donors (Lipinski definition) is 0. The van der Waals surface area contributed by atoms with E-state index < -0.39 is 17.2 Å². The lowest BCUT2D eigenvalue weighted by Gasteiger charge is -2.36. The fraction of sp³-hybridized carbons (Fsp3) is 0.556. The SMILES string of the molecule is COC(=O)c1cccc([C@@H]2CCCN(C(=O)C(C)(C)C)C2)c1F. The van der Waals surface area contributed by atoms with Crippen LogP contribution >= 0.6 is 0 Å². The quantitative estimate of drug-likeness (QED) is 0.785. The molecule has 0 aromatic heterocycles. The number of carbonyl (C=O) groups is 2. The zero-order valence-corrected chi connectivity index (χ0v) is 14.2. The van der Waals surface area contributed by atoms with Gasteiger partial charge in [-0.2, -0.15) is 0 Å². The molecule has 1 aliphatic heterocycles. The lowest BCUT2D eigenvalue weighted by Crippen LogP contribution is -2.44. The van der Waals surface area contributed by atoms with Gasteiger partial charge in [-0.15, -0.1) is 0 Å². The molecule has 0 bridgehead atoms. The number of likely N-dealkylation sites (tertiary alicyclic amines) is 1.